The Morgan fingerprint density at radius 1 is 1.42 bits per heavy atom. The number of hydrogen-bond acceptors (Lipinski definition) is 0. The van der Waals surface area contributed by atoms with Gasteiger partial charge in [0.2, 0.25) is 0 Å². The fraction of sp³-hybridized carbons (Fsp3) is 0.833. The van der Waals surface area contributed by atoms with Crippen LogP contribution in [0.25, 0.3) is 0 Å². The molecule has 0 nitrogen and oxygen atoms in total. The molecular weight excluding hydrogens is 144 g/mol. The van der Waals surface area contributed by atoms with Crippen LogP contribution < -0.4 is 0 Å². The van der Waals surface area contributed by atoms with Gasteiger partial charge in [-0.3, -0.25) is 0 Å². The van der Waals surface area contributed by atoms with Gasteiger partial charge in [0.25, 0.3) is 0 Å². The second-order valence-electron chi connectivity index (χ2n) is 5.15. The van der Waals surface area contributed by atoms with Crippen LogP contribution in [0.4, 0.5) is 0 Å². The quantitative estimate of drug-likeness (QED) is 0.547. The predicted molar refractivity (Wildman–Crippen MR) is 52.9 cm³/mol. The van der Waals surface area contributed by atoms with Crippen molar-refractivity contribution in [2.24, 2.45) is 23.7 Å². The second-order valence-corrected chi connectivity index (χ2v) is 5.15. The van der Waals surface area contributed by atoms with E-state index in [0.717, 1.165) is 23.7 Å². The van der Waals surface area contributed by atoms with Crippen molar-refractivity contribution in [3.05, 3.63) is 11.1 Å². The Balaban J connectivity index is 2.06. The van der Waals surface area contributed by atoms with Gasteiger partial charge in [-0.15, -0.1) is 0 Å². The van der Waals surface area contributed by atoms with E-state index in [-0.39, 0.29) is 0 Å². The van der Waals surface area contributed by atoms with Crippen LogP contribution >= 0.6 is 0 Å². The lowest BCUT2D eigenvalue weighted by Gasteiger charge is -2.55. The summed E-state index contributed by atoms with van der Waals surface area (Å²) in [6, 6.07) is 0. The van der Waals surface area contributed by atoms with Gasteiger partial charge in [0.05, 0.1) is 0 Å². The summed E-state index contributed by atoms with van der Waals surface area (Å²) < 4.78 is 0. The summed E-state index contributed by atoms with van der Waals surface area (Å²) in [5, 5.41) is 0. The molecule has 0 N–H and O–H groups in total. The highest BCUT2D eigenvalue weighted by molar-refractivity contribution is 5.36. The minimum Gasteiger partial charge on any atom is -0.0701 e. The minimum absolute atomic E-state index is 0.851. The highest BCUT2D eigenvalue weighted by Crippen LogP contribution is 2.58. The monoisotopic (exact) mass is 164 g/mol. The molecule has 3 unspecified atom stereocenters. The third-order valence-corrected chi connectivity index (χ3v) is 3.77. The molecule has 3 atom stereocenters. The van der Waals surface area contributed by atoms with Crippen LogP contribution in [-0.4, -0.2) is 0 Å². The summed E-state index contributed by atoms with van der Waals surface area (Å²) in [7, 11) is 0. The molecule has 1 fully saturated rings. The zero-order valence-corrected chi connectivity index (χ0v) is 8.72. The maximum Gasteiger partial charge on any atom is -0.0109 e. The number of fused-ring (bicyclic) bond motifs is 1. The Bertz CT molecular complexity index is 222. The maximum absolute atomic E-state index is 2.41. The molecule has 0 aliphatic heterocycles. The van der Waals surface area contributed by atoms with Gasteiger partial charge >= 0.3 is 0 Å². The molecule has 0 aromatic heterocycles. The van der Waals surface area contributed by atoms with Crippen molar-refractivity contribution in [3.8, 4) is 0 Å². The zero-order valence-electron chi connectivity index (χ0n) is 8.72. The minimum atomic E-state index is 0.851. The van der Waals surface area contributed by atoms with E-state index >= 15 is 0 Å². The van der Waals surface area contributed by atoms with Gasteiger partial charge in [-0.2, -0.15) is 0 Å². The van der Waals surface area contributed by atoms with Gasteiger partial charge in [0.15, 0.2) is 0 Å². The van der Waals surface area contributed by atoms with E-state index in [2.05, 4.69) is 27.7 Å². The summed E-state index contributed by atoms with van der Waals surface area (Å²) in [5.74, 6) is 3.86. The van der Waals surface area contributed by atoms with Crippen LogP contribution in [0.1, 0.15) is 40.5 Å². The van der Waals surface area contributed by atoms with Crippen molar-refractivity contribution < 1.29 is 0 Å². The molecule has 68 valence electrons. The van der Waals surface area contributed by atoms with E-state index in [9.17, 15) is 0 Å². The maximum atomic E-state index is 2.41. The van der Waals surface area contributed by atoms with Crippen molar-refractivity contribution in [2.45, 2.75) is 40.5 Å². The largest absolute Gasteiger partial charge is 0.0701 e. The van der Waals surface area contributed by atoms with E-state index in [1.807, 2.05) is 5.57 Å². The SMILES string of the molecule is CC1=C(CC(C)C)C2C(C)CC12. The van der Waals surface area contributed by atoms with Crippen LogP contribution in [0.5, 0.6) is 0 Å². The van der Waals surface area contributed by atoms with Gasteiger partial charge < -0.3 is 0 Å². The van der Waals surface area contributed by atoms with Crippen molar-refractivity contribution in [1.82, 2.24) is 0 Å². The van der Waals surface area contributed by atoms with Crippen LogP contribution in [-0.2, 0) is 0 Å². The molecular formula is C12H20. The molecule has 0 bridgehead atoms. The van der Waals surface area contributed by atoms with Gasteiger partial charge in [-0.05, 0) is 43.4 Å². The van der Waals surface area contributed by atoms with Gasteiger partial charge in [-0.1, -0.05) is 31.9 Å². The predicted octanol–water partition coefficient (Wildman–Crippen LogP) is 3.63. The van der Waals surface area contributed by atoms with Crippen molar-refractivity contribution in [1.29, 1.82) is 0 Å². The molecule has 0 aromatic carbocycles. The lowest BCUT2D eigenvalue weighted by atomic mass is 9.50. The normalized spacial score (nSPS) is 39.2. The fourth-order valence-electron chi connectivity index (χ4n) is 3.07. The van der Waals surface area contributed by atoms with Crippen LogP contribution in [0, 0.1) is 23.7 Å². The fourth-order valence-corrected chi connectivity index (χ4v) is 3.07. The van der Waals surface area contributed by atoms with Gasteiger partial charge in [0, 0.05) is 0 Å². The molecule has 1 saturated carbocycles. The van der Waals surface area contributed by atoms with Crippen LogP contribution in [0.2, 0.25) is 0 Å². The zero-order chi connectivity index (χ0) is 8.88. The lowest BCUT2D eigenvalue weighted by molar-refractivity contribution is 0.102. The molecule has 0 amide bonds. The summed E-state index contributed by atoms with van der Waals surface area (Å²) in [5.41, 5.74) is 3.56. The van der Waals surface area contributed by atoms with Crippen molar-refractivity contribution >= 4 is 0 Å². The first kappa shape index (κ1) is 8.34. The van der Waals surface area contributed by atoms with E-state index < -0.39 is 0 Å². The Morgan fingerprint density at radius 3 is 2.58 bits per heavy atom. The molecule has 0 aromatic rings. The summed E-state index contributed by atoms with van der Waals surface area (Å²) >= 11 is 0. The van der Waals surface area contributed by atoms with Crippen molar-refractivity contribution in [2.75, 3.05) is 0 Å². The molecule has 0 spiro atoms. The van der Waals surface area contributed by atoms with Crippen LogP contribution in [0.15, 0.2) is 11.1 Å². The third-order valence-electron chi connectivity index (χ3n) is 3.77. The molecule has 2 aliphatic rings. The van der Waals surface area contributed by atoms with Gasteiger partial charge in [-0.25, -0.2) is 0 Å². The summed E-state index contributed by atoms with van der Waals surface area (Å²) in [4.78, 5) is 0. The van der Waals surface area contributed by atoms with E-state index in [0.29, 0.717) is 0 Å². The average molecular weight is 164 g/mol. The average Bonchev–Trinajstić information content (AvgIpc) is 1.97. The van der Waals surface area contributed by atoms with E-state index in [1.165, 1.54) is 12.8 Å². The first-order chi connectivity index (χ1) is 5.61. The Kier molecular flexibility index (Phi) is 1.82. The standard InChI is InChI=1S/C12H20/c1-7(2)5-10-9(4)11-6-8(3)12(10)11/h7-8,11-12H,5-6H2,1-4H3. The van der Waals surface area contributed by atoms with E-state index in [1.54, 1.807) is 5.57 Å². The lowest BCUT2D eigenvalue weighted by Crippen LogP contribution is -2.45. The topological polar surface area (TPSA) is 0 Å². The number of hydrogen-bond donors (Lipinski definition) is 0. The molecule has 2 rings (SSSR count). The first-order valence-electron chi connectivity index (χ1n) is 5.30. The van der Waals surface area contributed by atoms with Crippen LogP contribution in [0.3, 0.4) is 0 Å². The molecule has 0 heteroatoms. The molecule has 12 heavy (non-hydrogen) atoms. The molecule has 0 radical (unpaired) electrons. The Labute approximate surface area is 76.1 Å². The molecule has 2 aliphatic carbocycles. The van der Waals surface area contributed by atoms with Crippen molar-refractivity contribution in [3.63, 3.8) is 0 Å². The highest BCUT2D eigenvalue weighted by atomic mass is 14.5. The second kappa shape index (κ2) is 2.61. The Hall–Kier alpha value is -0.260. The molecule has 0 saturated heterocycles. The third kappa shape index (κ3) is 0.967. The smallest absolute Gasteiger partial charge is 0.0109 e. The summed E-state index contributed by atoms with van der Waals surface area (Å²) in [6.45, 7) is 9.42. The molecule has 0 heterocycles. The van der Waals surface area contributed by atoms with E-state index in [4.69, 9.17) is 0 Å². The highest BCUT2D eigenvalue weighted by Gasteiger charge is 2.48. The number of rotatable bonds is 2. The Morgan fingerprint density at radius 2 is 2.08 bits per heavy atom. The first-order valence-corrected chi connectivity index (χ1v) is 5.30. The van der Waals surface area contributed by atoms with Gasteiger partial charge in [0.1, 0.15) is 0 Å². The number of allylic oxidation sites excluding steroid dienone is 2. The summed E-state index contributed by atoms with van der Waals surface area (Å²) in [6.07, 6.45) is 2.83.